The van der Waals surface area contributed by atoms with Crippen LogP contribution in [0.1, 0.15) is 30.5 Å². The Hall–Kier alpha value is -0.960. The van der Waals surface area contributed by atoms with Crippen LogP contribution >= 0.6 is 0 Å². The van der Waals surface area contributed by atoms with E-state index in [4.69, 9.17) is 0 Å². The van der Waals surface area contributed by atoms with E-state index in [9.17, 15) is 0 Å². The zero-order valence-corrected chi connectivity index (χ0v) is 8.95. The number of hydrogen-bond donors (Lipinski definition) is 1. The lowest BCUT2D eigenvalue weighted by Crippen LogP contribution is -2.29. The van der Waals surface area contributed by atoms with E-state index in [0.29, 0.717) is 0 Å². The Kier molecular flexibility index (Phi) is 2.41. The van der Waals surface area contributed by atoms with Crippen LogP contribution < -0.4 is 5.32 Å². The van der Waals surface area contributed by atoms with Crippen molar-refractivity contribution >= 4 is 0 Å². The molecule has 1 unspecified atom stereocenters. The number of hydrogen-bond acceptors (Lipinski definition) is 3. The molecule has 1 heterocycles. The zero-order chi connectivity index (χ0) is 10.1. The van der Waals surface area contributed by atoms with Gasteiger partial charge in [-0.15, -0.1) is 0 Å². The van der Waals surface area contributed by atoms with E-state index in [1.807, 2.05) is 6.20 Å². The molecule has 0 spiro atoms. The van der Waals surface area contributed by atoms with E-state index in [1.54, 1.807) is 6.33 Å². The third kappa shape index (κ3) is 2.17. The number of rotatable bonds is 3. The van der Waals surface area contributed by atoms with Crippen molar-refractivity contribution in [1.29, 1.82) is 0 Å². The maximum absolute atomic E-state index is 4.33. The number of fused-ring (bicyclic) bond motifs is 1. The first-order valence-corrected chi connectivity index (χ1v) is 5.93. The summed E-state index contributed by atoms with van der Waals surface area (Å²) in [4.78, 5) is 8.44. The largest absolute Gasteiger partial charge is 0.314 e. The maximum Gasteiger partial charge on any atom is 0.115 e. The molecule has 0 aliphatic heterocycles. The summed E-state index contributed by atoms with van der Waals surface area (Å²) in [5.41, 5.74) is 2.64. The first-order chi connectivity index (χ1) is 7.42. The van der Waals surface area contributed by atoms with Gasteiger partial charge in [-0.1, -0.05) is 0 Å². The van der Waals surface area contributed by atoms with E-state index < -0.39 is 0 Å². The zero-order valence-electron chi connectivity index (χ0n) is 8.95. The molecule has 1 aromatic rings. The molecule has 1 N–H and O–H groups in total. The summed E-state index contributed by atoms with van der Waals surface area (Å²) in [6.07, 6.45) is 10.0. The van der Waals surface area contributed by atoms with Gasteiger partial charge in [-0.05, 0) is 50.1 Å². The van der Waals surface area contributed by atoms with Crippen LogP contribution in [-0.2, 0) is 12.8 Å². The predicted molar refractivity (Wildman–Crippen MR) is 58.6 cm³/mol. The molecule has 80 valence electrons. The molecular weight excluding hydrogens is 186 g/mol. The molecule has 2 aliphatic rings. The van der Waals surface area contributed by atoms with Crippen LogP contribution in [0.4, 0.5) is 0 Å². The lowest BCUT2D eigenvalue weighted by atomic mass is 9.87. The minimum Gasteiger partial charge on any atom is -0.314 e. The Balaban J connectivity index is 1.61. The topological polar surface area (TPSA) is 37.8 Å². The van der Waals surface area contributed by atoms with Gasteiger partial charge in [0.1, 0.15) is 6.33 Å². The number of nitrogens with one attached hydrogen (secondary N) is 1. The van der Waals surface area contributed by atoms with E-state index in [-0.39, 0.29) is 0 Å². The highest BCUT2D eigenvalue weighted by atomic mass is 14.9. The molecule has 1 saturated carbocycles. The summed E-state index contributed by atoms with van der Waals surface area (Å²) >= 11 is 0. The molecule has 1 atom stereocenters. The lowest BCUT2D eigenvalue weighted by Gasteiger charge is -2.23. The van der Waals surface area contributed by atoms with Gasteiger partial charge in [0.15, 0.2) is 0 Å². The summed E-state index contributed by atoms with van der Waals surface area (Å²) in [7, 11) is 0. The minimum absolute atomic E-state index is 0.795. The van der Waals surface area contributed by atoms with Gasteiger partial charge < -0.3 is 5.32 Å². The first kappa shape index (κ1) is 9.28. The normalized spacial score (nSPS) is 24.9. The number of aromatic nitrogens is 2. The fourth-order valence-corrected chi connectivity index (χ4v) is 2.33. The third-order valence-corrected chi connectivity index (χ3v) is 3.45. The minimum atomic E-state index is 0.795. The molecule has 0 radical (unpaired) electrons. The monoisotopic (exact) mass is 203 g/mol. The van der Waals surface area contributed by atoms with Crippen molar-refractivity contribution < 1.29 is 0 Å². The SMILES string of the molecule is c1ncc2c(n1)CCC(CNC1CC1)C2. The molecule has 0 amide bonds. The van der Waals surface area contributed by atoms with Crippen LogP contribution in [0.25, 0.3) is 0 Å². The molecule has 2 aliphatic carbocycles. The van der Waals surface area contributed by atoms with Gasteiger partial charge in [-0.3, -0.25) is 0 Å². The maximum atomic E-state index is 4.33. The second-order valence-electron chi connectivity index (χ2n) is 4.79. The lowest BCUT2D eigenvalue weighted by molar-refractivity contribution is 0.418. The fourth-order valence-electron chi connectivity index (χ4n) is 2.33. The van der Waals surface area contributed by atoms with Crippen molar-refractivity contribution in [3.8, 4) is 0 Å². The summed E-state index contributed by atoms with van der Waals surface area (Å²) in [6, 6.07) is 0.832. The first-order valence-electron chi connectivity index (χ1n) is 5.93. The quantitative estimate of drug-likeness (QED) is 0.805. The van der Waals surface area contributed by atoms with Gasteiger partial charge in [0.2, 0.25) is 0 Å². The van der Waals surface area contributed by atoms with Crippen LogP contribution in [-0.4, -0.2) is 22.6 Å². The number of aryl methyl sites for hydroxylation is 1. The van der Waals surface area contributed by atoms with Crippen LogP contribution in [0.5, 0.6) is 0 Å². The van der Waals surface area contributed by atoms with E-state index >= 15 is 0 Å². The van der Waals surface area contributed by atoms with E-state index in [0.717, 1.165) is 24.8 Å². The van der Waals surface area contributed by atoms with Gasteiger partial charge in [-0.25, -0.2) is 9.97 Å². The second-order valence-corrected chi connectivity index (χ2v) is 4.79. The average Bonchev–Trinajstić information content (AvgIpc) is 3.10. The van der Waals surface area contributed by atoms with Gasteiger partial charge in [0, 0.05) is 17.9 Å². The standard InChI is InChI=1S/C12H17N3/c1-4-12-10(7-13-8-15-12)5-9(1)6-14-11-2-3-11/h7-9,11,14H,1-6H2. The molecule has 1 aromatic heterocycles. The van der Waals surface area contributed by atoms with Gasteiger partial charge in [0.05, 0.1) is 0 Å². The third-order valence-electron chi connectivity index (χ3n) is 3.45. The van der Waals surface area contributed by atoms with Crippen molar-refractivity contribution in [2.24, 2.45) is 5.92 Å². The molecule has 3 nitrogen and oxygen atoms in total. The average molecular weight is 203 g/mol. The summed E-state index contributed by atoms with van der Waals surface area (Å²) in [5, 5.41) is 3.62. The Bertz CT molecular complexity index is 346. The summed E-state index contributed by atoms with van der Waals surface area (Å²) < 4.78 is 0. The Morgan fingerprint density at radius 1 is 1.33 bits per heavy atom. The summed E-state index contributed by atoms with van der Waals surface area (Å²) in [5.74, 6) is 0.795. The van der Waals surface area contributed by atoms with E-state index in [1.165, 1.54) is 37.1 Å². The van der Waals surface area contributed by atoms with Crippen molar-refractivity contribution in [3.05, 3.63) is 23.8 Å². The van der Waals surface area contributed by atoms with E-state index in [2.05, 4.69) is 15.3 Å². The Morgan fingerprint density at radius 3 is 3.13 bits per heavy atom. The van der Waals surface area contributed by atoms with Crippen LogP contribution in [0.15, 0.2) is 12.5 Å². The van der Waals surface area contributed by atoms with Crippen LogP contribution in [0.3, 0.4) is 0 Å². The smallest absolute Gasteiger partial charge is 0.115 e. The molecule has 0 saturated heterocycles. The number of nitrogens with zero attached hydrogens (tertiary/aromatic N) is 2. The summed E-state index contributed by atoms with van der Waals surface area (Å²) in [6.45, 7) is 1.18. The molecule has 3 heteroatoms. The van der Waals surface area contributed by atoms with Crippen molar-refractivity contribution in [2.45, 2.75) is 38.1 Å². The van der Waals surface area contributed by atoms with Crippen molar-refractivity contribution in [1.82, 2.24) is 15.3 Å². The molecule has 0 bridgehead atoms. The van der Waals surface area contributed by atoms with Crippen molar-refractivity contribution in [2.75, 3.05) is 6.54 Å². The fraction of sp³-hybridized carbons (Fsp3) is 0.667. The van der Waals surface area contributed by atoms with Gasteiger partial charge in [-0.2, -0.15) is 0 Å². The van der Waals surface area contributed by atoms with Crippen LogP contribution in [0, 0.1) is 5.92 Å². The van der Waals surface area contributed by atoms with Crippen molar-refractivity contribution in [3.63, 3.8) is 0 Å². The molecule has 3 rings (SSSR count). The molecular formula is C12H17N3. The van der Waals surface area contributed by atoms with Crippen LogP contribution in [0.2, 0.25) is 0 Å². The second kappa shape index (κ2) is 3.89. The van der Waals surface area contributed by atoms with Gasteiger partial charge in [0.25, 0.3) is 0 Å². The Labute approximate surface area is 90.3 Å². The molecule has 0 aromatic carbocycles. The Morgan fingerprint density at radius 2 is 2.27 bits per heavy atom. The highest BCUT2D eigenvalue weighted by Crippen LogP contribution is 2.24. The molecule has 1 fully saturated rings. The molecule has 15 heavy (non-hydrogen) atoms. The van der Waals surface area contributed by atoms with Gasteiger partial charge >= 0.3 is 0 Å². The highest BCUT2D eigenvalue weighted by molar-refractivity contribution is 5.19. The highest BCUT2D eigenvalue weighted by Gasteiger charge is 2.24. The predicted octanol–water partition coefficient (Wildman–Crippen LogP) is 1.33.